The zero-order valence-corrected chi connectivity index (χ0v) is 11.9. The fourth-order valence-electron chi connectivity index (χ4n) is 1.91. The van der Waals surface area contributed by atoms with E-state index < -0.39 is 0 Å². The van der Waals surface area contributed by atoms with E-state index in [2.05, 4.69) is 37.1 Å². The molecule has 1 aromatic rings. The highest BCUT2D eigenvalue weighted by Gasteiger charge is 2.18. The van der Waals surface area contributed by atoms with Crippen molar-refractivity contribution in [3.05, 3.63) is 28.8 Å². The number of hydrogen-bond donors (Lipinski definition) is 1. The van der Waals surface area contributed by atoms with Crippen molar-refractivity contribution in [2.45, 2.75) is 38.5 Å². The van der Waals surface area contributed by atoms with Crippen LogP contribution in [0.3, 0.4) is 0 Å². The second kappa shape index (κ2) is 5.32. The second-order valence-corrected chi connectivity index (χ2v) is 6.39. The summed E-state index contributed by atoms with van der Waals surface area (Å²) in [6, 6.07) is 6.36. The van der Waals surface area contributed by atoms with Crippen molar-refractivity contribution in [3.8, 4) is 0 Å². The third-order valence-corrected chi connectivity index (χ3v) is 4.04. The molecule has 0 spiro atoms. The third kappa shape index (κ3) is 3.39. The summed E-state index contributed by atoms with van der Waals surface area (Å²) in [5.74, 6) is 0. The van der Waals surface area contributed by atoms with Gasteiger partial charge in [0.25, 0.3) is 0 Å². The molecule has 0 fully saturated rings. The fraction of sp³-hybridized carbons (Fsp3) is 0.462. The van der Waals surface area contributed by atoms with Crippen molar-refractivity contribution in [2.24, 2.45) is 4.99 Å². The van der Waals surface area contributed by atoms with Crippen LogP contribution in [-0.4, -0.2) is 16.5 Å². The first-order valence-corrected chi connectivity index (χ1v) is 7.08. The van der Waals surface area contributed by atoms with Crippen molar-refractivity contribution < 1.29 is 0 Å². The van der Waals surface area contributed by atoms with Gasteiger partial charge >= 0.3 is 0 Å². The van der Waals surface area contributed by atoms with Gasteiger partial charge in [-0.2, -0.15) is 0 Å². The van der Waals surface area contributed by atoms with Gasteiger partial charge in [0.1, 0.15) is 0 Å². The van der Waals surface area contributed by atoms with Crippen LogP contribution in [0.1, 0.15) is 25.8 Å². The van der Waals surface area contributed by atoms with Crippen LogP contribution in [0.5, 0.6) is 0 Å². The summed E-state index contributed by atoms with van der Waals surface area (Å²) in [5.41, 5.74) is 2.14. The molecule has 0 amide bonds. The maximum atomic E-state index is 6.16. The van der Waals surface area contributed by atoms with Crippen LogP contribution in [0.4, 0.5) is 5.69 Å². The van der Waals surface area contributed by atoms with Crippen LogP contribution in [0.2, 0.25) is 5.02 Å². The first-order valence-electron chi connectivity index (χ1n) is 5.82. The topological polar surface area (TPSA) is 24.4 Å². The smallest absolute Gasteiger partial charge is 0.161 e. The van der Waals surface area contributed by atoms with Gasteiger partial charge in [0.15, 0.2) is 5.17 Å². The fourth-order valence-corrected chi connectivity index (χ4v) is 3.24. The highest BCUT2D eigenvalue weighted by Crippen LogP contribution is 2.29. The summed E-state index contributed by atoms with van der Waals surface area (Å²) in [6.45, 7) is 6.44. The molecule has 92 valence electrons. The van der Waals surface area contributed by atoms with Gasteiger partial charge in [-0.25, -0.2) is 0 Å². The molecule has 2 rings (SSSR count). The maximum absolute atomic E-state index is 6.16. The quantitative estimate of drug-likeness (QED) is 0.820. The molecule has 0 aromatic heterocycles. The lowest BCUT2D eigenvalue weighted by molar-refractivity contribution is 0.661. The van der Waals surface area contributed by atoms with Gasteiger partial charge in [0, 0.05) is 5.25 Å². The lowest BCUT2D eigenvalue weighted by Crippen LogP contribution is -2.22. The van der Waals surface area contributed by atoms with Crippen molar-refractivity contribution in [1.82, 2.24) is 0 Å². The van der Waals surface area contributed by atoms with Crippen molar-refractivity contribution >= 4 is 34.2 Å². The van der Waals surface area contributed by atoms with Crippen LogP contribution in [0.15, 0.2) is 23.2 Å². The lowest BCUT2D eigenvalue weighted by Gasteiger charge is -2.23. The Morgan fingerprint density at radius 1 is 1.41 bits per heavy atom. The SMILES string of the molecule is Cc1ccc(Cl)c(NC2=NC(C)CC(C)S2)c1. The van der Waals surface area contributed by atoms with E-state index in [0.29, 0.717) is 11.3 Å². The number of amidine groups is 1. The number of hydrogen-bond acceptors (Lipinski definition) is 3. The molecule has 2 atom stereocenters. The molecular formula is C13H17ClN2S. The number of halogens is 1. The summed E-state index contributed by atoms with van der Waals surface area (Å²) in [7, 11) is 0. The number of nitrogens with one attached hydrogen (secondary N) is 1. The van der Waals surface area contributed by atoms with E-state index in [4.69, 9.17) is 11.6 Å². The van der Waals surface area contributed by atoms with Crippen molar-refractivity contribution in [2.75, 3.05) is 5.32 Å². The number of rotatable bonds is 1. The number of thioether (sulfide) groups is 1. The van der Waals surface area contributed by atoms with Crippen LogP contribution in [0.25, 0.3) is 0 Å². The summed E-state index contributed by atoms with van der Waals surface area (Å²) < 4.78 is 0. The van der Waals surface area contributed by atoms with Crippen molar-refractivity contribution in [3.63, 3.8) is 0 Å². The minimum absolute atomic E-state index is 0.386. The van der Waals surface area contributed by atoms with E-state index in [1.165, 1.54) is 5.56 Å². The average Bonchev–Trinajstić information content (AvgIpc) is 2.22. The largest absolute Gasteiger partial charge is 0.334 e. The van der Waals surface area contributed by atoms with E-state index >= 15 is 0 Å². The first-order chi connectivity index (χ1) is 8.04. The molecule has 1 heterocycles. The predicted molar refractivity (Wildman–Crippen MR) is 78.4 cm³/mol. The Kier molecular flexibility index (Phi) is 4.00. The molecule has 1 aromatic carbocycles. The Hall–Kier alpha value is -0.670. The van der Waals surface area contributed by atoms with Crippen LogP contribution in [-0.2, 0) is 0 Å². The Balaban J connectivity index is 2.18. The van der Waals surface area contributed by atoms with Gasteiger partial charge in [-0.05, 0) is 38.0 Å². The summed E-state index contributed by atoms with van der Waals surface area (Å²) in [6.07, 6.45) is 1.14. The zero-order chi connectivity index (χ0) is 12.4. The Labute approximate surface area is 112 Å². The minimum atomic E-state index is 0.386. The second-order valence-electron chi connectivity index (χ2n) is 4.56. The van der Waals surface area contributed by atoms with Crippen LogP contribution < -0.4 is 5.32 Å². The third-order valence-electron chi connectivity index (χ3n) is 2.69. The van der Waals surface area contributed by atoms with Crippen LogP contribution in [0, 0.1) is 6.92 Å². The average molecular weight is 269 g/mol. The number of aliphatic imine (C=N–C) groups is 1. The number of benzene rings is 1. The van der Waals surface area contributed by atoms with Gasteiger partial charge in [-0.3, -0.25) is 4.99 Å². The molecule has 17 heavy (non-hydrogen) atoms. The highest BCUT2D eigenvalue weighted by molar-refractivity contribution is 8.14. The van der Waals surface area contributed by atoms with Crippen molar-refractivity contribution in [1.29, 1.82) is 0 Å². The summed E-state index contributed by atoms with van der Waals surface area (Å²) in [4.78, 5) is 4.61. The molecule has 2 nitrogen and oxygen atoms in total. The Bertz CT molecular complexity index is 445. The number of aryl methyl sites for hydroxylation is 1. The zero-order valence-electron chi connectivity index (χ0n) is 10.3. The molecule has 0 aliphatic carbocycles. The first kappa shape index (κ1) is 12.8. The van der Waals surface area contributed by atoms with Crippen LogP contribution >= 0.6 is 23.4 Å². The van der Waals surface area contributed by atoms with E-state index in [1.807, 2.05) is 12.1 Å². The predicted octanol–water partition coefficient (Wildman–Crippen LogP) is 4.33. The van der Waals surface area contributed by atoms with E-state index in [1.54, 1.807) is 11.8 Å². The molecule has 1 N–H and O–H groups in total. The molecule has 0 bridgehead atoms. The molecule has 0 saturated heterocycles. The molecule has 0 saturated carbocycles. The standard InChI is InChI=1S/C13H17ClN2S/c1-8-4-5-11(14)12(6-8)16-13-15-9(2)7-10(3)17-13/h4-6,9-10H,7H2,1-3H3,(H,15,16). The summed E-state index contributed by atoms with van der Waals surface area (Å²) in [5, 5.41) is 5.65. The van der Waals surface area contributed by atoms with Gasteiger partial charge in [0.05, 0.1) is 16.8 Å². The molecule has 2 unspecified atom stereocenters. The maximum Gasteiger partial charge on any atom is 0.161 e. The summed E-state index contributed by atoms with van der Waals surface area (Å²) >= 11 is 7.94. The molecular weight excluding hydrogens is 252 g/mol. The molecule has 4 heteroatoms. The highest BCUT2D eigenvalue weighted by atomic mass is 35.5. The lowest BCUT2D eigenvalue weighted by atomic mass is 10.2. The van der Waals surface area contributed by atoms with E-state index in [0.717, 1.165) is 22.3 Å². The molecule has 1 aliphatic heterocycles. The van der Waals surface area contributed by atoms with E-state index in [9.17, 15) is 0 Å². The number of anilines is 1. The molecule has 1 aliphatic rings. The van der Waals surface area contributed by atoms with Gasteiger partial charge < -0.3 is 5.32 Å². The van der Waals surface area contributed by atoms with Gasteiger partial charge in [0.2, 0.25) is 0 Å². The van der Waals surface area contributed by atoms with Gasteiger partial charge in [-0.15, -0.1) is 0 Å². The monoisotopic (exact) mass is 268 g/mol. The molecule has 0 radical (unpaired) electrons. The van der Waals surface area contributed by atoms with E-state index in [-0.39, 0.29) is 0 Å². The normalized spacial score (nSPS) is 24.4. The number of nitrogens with zero attached hydrogens (tertiary/aromatic N) is 1. The Morgan fingerprint density at radius 3 is 2.88 bits per heavy atom. The van der Waals surface area contributed by atoms with Gasteiger partial charge in [-0.1, -0.05) is 36.4 Å². The minimum Gasteiger partial charge on any atom is -0.334 e. The Morgan fingerprint density at radius 2 is 2.18 bits per heavy atom.